The Morgan fingerprint density at radius 1 is 1.29 bits per heavy atom. The summed E-state index contributed by atoms with van der Waals surface area (Å²) in [7, 11) is 0. The van der Waals surface area contributed by atoms with E-state index < -0.39 is 11.2 Å². The molecule has 1 N–H and O–H groups in total. The molecular formula is C18H15N5O4S. The van der Waals surface area contributed by atoms with Crippen molar-refractivity contribution in [3.8, 4) is 17.1 Å². The van der Waals surface area contributed by atoms with Crippen molar-refractivity contribution in [2.24, 2.45) is 0 Å². The highest BCUT2D eigenvalue weighted by atomic mass is 32.2. The number of fused-ring (bicyclic) bond motifs is 3. The van der Waals surface area contributed by atoms with Gasteiger partial charge in [0.2, 0.25) is 11.0 Å². The normalized spacial score (nSPS) is 15.2. The number of aromatic nitrogens is 3. The average molecular weight is 397 g/mol. The third-order valence-corrected chi connectivity index (χ3v) is 4.57. The summed E-state index contributed by atoms with van der Waals surface area (Å²) >= 11 is 1.47. The first-order valence-corrected chi connectivity index (χ1v) is 9.45. The molecule has 1 atom stereocenters. The number of ether oxygens (including phenoxy) is 1. The Morgan fingerprint density at radius 2 is 2.14 bits per heavy atom. The third kappa shape index (κ3) is 3.67. The van der Waals surface area contributed by atoms with Crippen molar-refractivity contribution >= 4 is 29.4 Å². The molecule has 0 spiro atoms. The lowest BCUT2D eigenvalue weighted by atomic mass is 10.1. The molecule has 9 nitrogen and oxygen atoms in total. The Kier molecular flexibility index (Phi) is 4.94. The molecule has 0 saturated heterocycles. The molecule has 4 rings (SSSR count). The minimum Gasteiger partial charge on any atom is -0.448 e. The highest BCUT2D eigenvalue weighted by molar-refractivity contribution is 7.99. The van der Waals surface area contributed by atoms with Crippen LogP contribution in [0.25, 0.3) is 17.3 Å². The SMILES string of the molecule is CCSc1nnc2c(n1)O[C@H](/C=C/c1ccc([N+](=O)[O-])o1)Nc1ccccc1-2. The van der Waals surface area contributed by atoms with Crippen LogP contribution in [0.5, 0.6) is 5.88 Å². The predicted molar refractivity (Wildman–Crippen MR) is 104 cm³/mol. The number of anilines is 1. The van der Waals surface area contributed by atoms with Crippen LogP contribution in [0.15, 0.2) is 52.0 Å². The number of rotatable bonds is 5. The standard InChI is InChI=1S/C18H15N5O4S/c1-2-28-18-20-17-16(21-22-18)12-5-3-4-6-13(12)19-14(27-17)9-7-11-8-10-15(26-11)23(24)25/h3-10,14,19H,2H2,1H3/b9-7+/t14-/m1/s1. The zero-order valence-electron chi connectivity index (χ0n) is 14.7. The van der Waals surface area contributed by atoms with Gasteiger partial charge in [-0.1, -0.05) is 36.9 Å². The molecule has 3 heterocycles. The molecule has 142 valence electrons. The number of nitrogens with one attached hydrogen (secondary N) is 1. The maximum Gasteiger partial charge on any atom is 0.433 e. The predicted octanol–water partition coefficient (Wildman–Crippen LogP) is 4.00. The largest absolute Gasteiger partial charge is 0.448 e. The lowest BCUT2D eigenvalue weighted by Gasteiger charge is -2.15. The van der Waals surface area contributed by atoms with E-state index in [1.54, 1.807) is 12.2 Å². The van der Waals surface area contributed by atoms with Crippen LogP contribution in [0.4, 0.5) is 11.6 Å². The van der Waals surface area contributed by atoms with Crippen molar-refractivity contribution in [3.05, 3.63) is 58.3 Å². The summed E-state index contributed by atoms with van der Waals surface area (Å²) in [4.78, 5) is 14.6. The van der Waals surface area contributed by atoms with Crippen molar-refractivity contribution in [3.63, 3.8) is 0 Å². The van der Waals surface area contributed by atoms with E-state index >= 15 is 0 Å². The van der Waals surface area contributed by atoms with Crippen molar-refractivity contribution < 1.29 is 14.1 Å². The Labute approximate surface area is 164 Å². The molecule has 1 aliphatic heterocycles. The van der Waals surface area contributed by atoms with Crippen LogP contribution < -0.4 is 10.1 Å². The molecular weight excluding hydrogens is 382 g/mol. The number of benzene rings is 1. The van der Waals surface area contributed by atoms with Crippen molar-refractivity contribution in [2.75, 3.05) is 11.1 Å². The second-order valence-electron chi connectivity index (χ2n) is 5.70. The van der Waals surface area contributed by atoms with E-state index in [9.17, 15) is 10.1 Å². The van der Waals surface area contributed by atoms with Crippen molar-refractivity contribution in [1.82, 2.24) is 15.2 Å². The van der Waals surface area contributed by atoms with E-state index in [2.05, 4.69) is 20.5 Å². The number of nitrogens with zero attached hydrogens (tertiary/aromatic N) is 4. The van der Waals surface area contributed by atoms with E-state index in [4.69, 9.17) is 9.15 Å². The van der Waals surface area contributed by atoms with Crippen LogP contribution in [0.1, 0.15) is 12.7 Å². The lowest BCUT2D eigenvalue weighted by molar-refractivity contribution is -0.402. The van der Waals surface area contributed by atoms with Gasteiger partial charge in [0.05, 0.1) is 6.07 Å². The number of hydrogen-bond donors (Lipinski definition) is 1. The van der Waals surface area contributed by atoms with Crippen LogP contribution in [-0.4, -0.2) is 32.1 Å². The fraction of sp³-hybridized carbons (Fsp3) is 0.167. The number of nitro groups is 1. The molecule has 0 aliphatic carbocycles. The second-order valence-corrected chi connectivity index (χ2v) is 6.93. The summed E-state index contributed by atoms with van der Waals surface area (Å²) in [6.45, 7) is 2.01. The maximum absolute atomic E-state index is 10.8. The first-order chi connectivity index (χ1) is 13.6. The van der Waals surface area contributed by atoms with E-state index in [0.29, 0.717) is 22.5 Å². The van der Waals surface area contributed by atoms with E-state index in [-0.39, 0.29) is 5.88 Å². The van der Waals surface area contributed by atoms with E-state index in [0.717, 1.165) is 17.0 Å². The van der Waals surface area contributed by atoms with Crippen molar-refractivity contribution in [1.29, 1.82) is 0 Å². The summed E-state index contributed by atoms with van der Waals surface area (Å²) in [6.07, 6.45) is 2.72. The van der Waals surface area contributed by atoms with Gasteiger partial charge in [-0.15, -0.1) is 10.2 Å². The minimum atomic E-state index is -0.584. The molecule has 0 unspecified atom stereocenters. The fourth-order valence-electron chi connectivity index (χ4n) is 2.66. The maximum atomic E-state index is 10.8. The van der Waals surface area contributed by atoms with Gasteiger partial charge in [0, 0.05) is 11.3 Å². The van der Waals surface area contributed by atoms with Gasteiger partial charge in [-0.3, -0.25) is 10.1 Å². The summed E-state index contributed by atoms with van der Waals surface area (Å²) in [5.74, 6) is 1.21. The minimum absolute atomic E-state index is 0.316. The van der Waals surface area contributed by atoms with Crippen LogP contribution in [0.2, 0.25) is 0 Å². The molecule has 2 aromatic heterocycles. The van der Waals surface area contributed by atoms with Crippen LogP contribution in [0.3, 0.4) is 0 Å². The molecule has 0 amide bonds. The van der Waals surface area contributed by atoms with Gasteiger partial charge < -0.3 is 14.5 Å². The van der Waals surface area contributed by atoms with Gasteiger partial charge in [-0.25, -0.2) is 0 Å². The number of thioether (sulfide) groups is 1. The first kappa shape index (κ1) is 18.0. The zero-order valence-corrected chi connectivity index (χ0v) is 15.5. The monoisotopic (exact) mass is 397 g/mol. The molecule has 3 aromatic rings. The lowest BCUT2D eigenvalue weighted by Crippen LogP contribution is -2.23. The molecule has 0 bridgehead atoms. The number of para-hydroxylation sites is 1. The quantitative estimate of drug-likeness (QED) is 0.387. The number of furan rings is 1. The smallest absolute Gasteiger partial charge is 0.433 e. The Balaban J connectivity index is 1.67. The summed E-state index contributed by atoms with van der Waals surface area (Å²) in [5.41, 5.74) is 2.19. The second kappa shape index (κ2) is 7.69. The molecule has 10 heteroatoms. The highest BCUT2D eigenvalue weighted by Gasteiger charge is 2.23. The summed E-state index contributed by atoms with van der Waals surface area (Å²) < 4.78 is 11.1. The third-order valence-electron chi connectivity index (χ3n) is 3.86. The molecule has 1 aliphatic rings. The van der Waals surface area contributed by atoms with Gasteiger partial charge in [0.15, 0.2) is 11.9 Å². The molecule has 0 radical (unpaired) electrons. The zero-order chi connectivity index (χ0) is 19.5. The van der Waals surface area contributed by atoms with E-state index in [1.165, 1.54) is 23.9 Å². The topological polar surface area (TPSA) is 116 Å². The Bertz CT molecular complexity index is 1050. The van der Waals surface area contributed by atoms with E-state index in [1.807, 2.05) is 31.2 Å². The molecule has 1 aromatic carbocycles. The molecule has 28 heavy (non-hydrogen) atoms. The van der Waals surface area contributed by atoms with Crippen LogP contribution in [-0.2, 0) is 0 Å². The van der Waals surface area contributed by atoms with Gasteiger partial charge in [0.25, 0.3) is 0 Å². The highest BCUT2D eigenvalue weighted by Crippen LogP contribution is 2.36. The summed E-state index contributed by atoms with van der Waals surface area (Å²) in [6, 6.07) is 10.4. The first-order valence-electron chi connectivity index (χ1n) is 8.46. The molecule has 0 fully saturated rings. The number of hydrogen-bond acceptors (Lipinski definition) is 9. The van der Waals surface area contributed by atoms with Gasteiger partial charge >= 0.3 is 5.88 Å². The molecule has 0 saturated carbocycles. The van der Waals surface area contributed by atoms with Crippen LogP contribution >= 0.6 is 11.8 Å². The average Bonchev–Trinajstić information content (AvgIpc) is 3.11. The van der Waals surface area contributed by atoms with Gasteiger partial charge in [-0.05, 0) is 30.0 Å². The van der Waals surface area contributed by atoms with Gasteiger partial charge in [-0.2, -0.15) is 4.98 Å². The fourth-order valence-corrected chi connectivity index (χ4v) is 3.16. The van der Waals surface area contributed by atoms with Crippen LogP contribution in [0, 0.1) is 10.1 Å². The van der Waals surface area contributed by atoms with Crippen molar-refractivity contribution in [2.45, 2.75) is 18.3 Å². The van der Waals surface area contributed by atoms with Gasteiger partial charge in [0.1, 0.15) is 10.7 Å². The Hall–Kier alpha value is -3.40. The summed E-state index contributed by atoms with van der Waals surface area (Å²) in [5, 5.41) is 23.0. The Morgan fingerprint density at radius 3 is 2.93 bits per heavy atom.